The fourth-order valence-electron chi connectivity index (χ4n) is 4.37. The number of rotatable bonds is 5. The number of benzene rings is 2. The maximum atomic E-state index is 13.1. The molecule has 1 aromatic heterocycles. The van der Waals surface area contributed by atoms with E-state index >= 15 is 0 Å². The minimum absolute atomic E-state index is 0.0202. The summed E-state index contributed by atoms with van der Waals surface area (Å²) in [6.45, 7) is 5.36. The fraction of sp³-hybridized carbons (Fsp3) is 0.320. The third kappa shape index (κ3) is 4.22. The smallest absolute Gasteiger partial charge is 0.259 e. The first-order chi connectivity index (χ1) is 15.6. The molecule has 2 aromatic carbocycles. The number of carbonyl (C=O) groups is 2. The largest absolute Gasteiger partial charge is 0.326 e. The van der Waals surface area contributed by atoms with Gasteiger partial charge in [-0.1, -0.05) is 12.1 Å². The molecule has 1 fully saturated rings. The molecule has 5 rings (SSSR count). The quantitative estimate of drug-likeness (QED) is 0.675. The van der Waals surface area contributed by atoms with Gasteiger partial charge >= 0.3 is 0 Å². The number of nitrogens with zero attached hydrogens (tertiary/aromatic N) is 4. The lowest BCUT2D eigenvalue weighted by molar-refractivity contribution is -0.116. The number of piperazine rings is 1. The van der Waals surface area contributed by atoms with Crippen LogP contribution in [0.4, 0.5) is 11.4 Å². The average Bonchev–Trinajstić information content (AvgIpc) is 3.14. The number of hydrogen-bond acceptors (Lipinski definition) is 5. The normalized spacial score (nSPS) is 17.0. The van der Waals surface area contributed by atoms with Gasteiger partial charge in [0.1, 0.15) is 0 Å². The number of amides is 2. The first-order valence-electron chi connectivity index (χ1n) is 11.1. The van der Waals surface area contributed by atoms with Crippen molar-refractivity contribution in [3.05, 3.63) is 65.9 Å². The highest BCUT2D eigenvalue weighted by atomic mass is 16.2. The molecule has 2 aliphatic rings. The van der Waals surface area contributed by atoms with Crippen molar-refractivity contribution in [2.75, 3.05) is 50.0 Å². The Morgan fingerprint density at radius 2 is 1.91 bits per heavy atom. The van der Waals surface area contributed by atoms with E-state index in [9.17, 15) is 9.59 Å². The summed E-state index contributed by atoms with van der Waals surface area (Å²) in [6, 6.07) is 15.4. The molecule has 2 amide bonds. The number of anilines is 2. The van der Waals surface area contributed by atoms with E-state index in [0.717, 1.165) is 54.9 Å². The minimum atomic E-state index is -0.0447. The molecule has 0 saturated carbocycles. The first-order valence-corrected chi connectivity index (χ1v) is 11.1. The Kier molecular flexibility index (Phi) is 5.59. The van der Waals surface area contributed by atoms with Gasteiger partial charge in [0.05, 0.1) is 12.1 Å². The van der Waals surface area contributed by atoms with Gasteiger partial charge in [0.15, 0.2) is 0 Å². The Morgan fingerprint density at radius 3 is 2.75 bits per heavy atom. The number of aromatic nitrogens is 1. The van der Waals surface area contributed by atoms with E-state index in [1.165, 1.54) is 0 Å². The van der Waals surface area contributed by atoms with Crippen LogP contribution in [0, 0.1) is 0 Å². The highest BCUT2D eigenvalue weighted by Gasteiger charge is 2.29. The average molecular weight is 430 g/mol. The molecule has 2 aliphatic heterocycles. The zero-order valence-corrected chi connectivity index (χ0v) is 18.3. The Balaban J connectivity index is 1.24. The van der Waals surface area contributed by atoms with E-state index < -0.39 is 0 Å². The fourth-order valence-corrected chi connectivity index (χ4v) is 4.37. The molecule has 1 N–H and O–H groups in total. The maximum absolute atomic E-state index is 13.1. The maximum Gasteiger partial charge on any atom is 0.259 e. The third-order valence-electron chi connectivity index (χ3n) is 6.35. The summed E-state index contributed by atoms with van der Waals surface area (Å²) in [6.07, 6.45) is 2.21. The number of carbonyl (C=O) groups excluding carboxylic acids is 2. The Morgan fingerprint density at radius 1 is 1.06 bits per heavy atom. The van der Waals surface area contributed by atoms with Gasteiger partial charge in [0.2, 0.25) is 5.91 Å². The Hall–Kier alpha value is -3.29. The van der Waals surface area contributed by atoms with Gasteiger partial charge in [0.25, 0.3) is 5.91 Å². The molecule has 0 atom stereocenters. The van der Waals surface area contributed by atoms with Crippen LogP contribution in [0.1, 0.15) is 22.3 Å². The molecule has 0 aliphatic carbocycles. The van der Waals surface area contributed by atoms with Crippen LogP contribution >= 0.6 is 0 Å². The van der Waals surface area contributed by atoms with Gasteiger partial charge in [-0.3, -0.25) is 14.6 Å². The van der Waals surface area contributed by atoms with Crippen LogP contribution in [-0.2, 0) is 11.3 Å². The standard InChI is InChI=1S/C25H27N5O2/c1-28-11-13-29(14-12-28)10-8-24(31)27-20-5-4-19-17-30(25(32)22(19)16-20)21-6-7-23-18(15-21)3-2-9-26-23/h2-7,9,15-16H,8,10-14,17H2,1H3,(H,27,31). The molecular formula is C25H27N5O2. The molecule has 1 saturated heterocycles. The van der Waals surface area contributed by atoms with E-state index in [1.54, 1.807) is 17.2 Å². The van der Waals surface area contributed by atoms with Gasteiger partial charge in [-0.05, 0) is 49.0 Å². The molecule has 7 heteroatoms. The van der Waals surface area contributed by atoms with Crippen molar-refractivity contribution < 1.29 is 9.59 Å². The van der Waals surface area contributed by atoms with E-state index in [2.05, 4.69) is 27.1 Å². The van der Waals surface area contributed by atoms with Crippen LogP contribution in [0.15, 0.2) is 54.7 Å². The van der Waals surface area contributed by atoms with Crippen molar-refractivity contribution in [1.82, 2.24) is 14.8 Å². The Labute approximate surface area is 187 Å². The highest BCUT2D eigenvalue weighted by Crippen LogP contribution is 2.31. The molecule has 3 heterocycles. The number of fused-ring (bicyclic) bond motifs is 2. The first kappa shape index (κ1) is 20.6. The van der Waals surface area contributed by atoms with Crippen LogP contribution in [-0.4, -0.2) is 66.4 Å². The number of nitrogens with one attached hydrogen (secondary N) is 1. The van der Waals surface area contributed by atoms with Crippen molar-refractivity contribution in [3.8, 4) is 0 Å². The summed E-state index contributed by atoms with van der Waals surface area (Å²) >= 11 is 0. The van der Waals surface area contributed by atoms with Crippen LogP contribution in [0.5, 0.6) is 0 Å². The van der Waals surface area contributed by atoms with E-state index in [4.69, 9.17) is 0 Å². The predicted octanol–water partition coefficient (Wildman–Crippen LogP) is 2.97. The highest BCUT2D eigenvalue weighted by molar-refractivity contribution is 6.11. The summed E-state index contributed by atoms with van der Waals surface area (Å²) in [7, 11) is 2.12. The lowest BCUT2D eigenvalue weighted by Crippen LogP contribution is -2.45. The lowest BCUT2D eigenvalue weighted by atomic mass is 10.1. The summed E-state index contributed by atoms with van der Waals surface area (Å²) in [5.74, 6) is -0.0648. The van der Waals surface area contributed by atoms with Gasteiger partial charge in [-0.2, -0.15) is 0 Å². The zero-order valence-electron chi connectivity index (χ0n) is 18.3. The molecule has 0 unspecified atom stereocenters. The van der Waals surface area contributed by atoms with Crippen LogP contribution in [0.2, 0.25) is 0 Å². The third-order valence-corrected chi connectivity index (χ3v) is 6.35. The lowest BCUT2D eigenvalue weighted by Gasteiger charge is -2.32. The van der Waals surface area contributed by atoms with E-state index in [-0.39, 0.29) is 11.8 Å². The molecule has 3 aromatic rings. The van der Waals surface area contributed by atoms with Crippen molar-refractivity contribution in [2.24, 2.45) is 0 Å². The number of likely N-dealkylation sites (N-methyl/N-ethyl adjacent to an activating group) is 1. The molecule has 7 nitrogen and oxygen atoms in total. The van der Waals surface area contributed by atoms with Crippen molar-refractivity contribution in [2.45, 2.75) is 13.0 Å². The van der Waals surface area contributed by atoms with E-state index in [0.29, 0.717) is 24.2 Å². The second-order valence-electron chi connectivity index (χ2n) is 8.59. The second-order valence-corrected chi connectivity index (χ2v) is 8.59. The SMILES string of the molecule is CN1CCN(CCC(=O)Nc2ccc3c(c2)C(=O)N(c2ccc4ncccc4c2)C3)CC1. The zero-order chi connectivity index (χ0) is 22.1. The Bertz CT molecular complexity index is 1170. The summed E-state index contributed by atoms with van der Waals surface area (Å²) in [5, 5.41) is 3.97. The van der Waals surface area contributed by atoms with Gasteiger partial charge in [-0.15, -0.1) is 0 Å². The minimum Gasteiger partial charge on any atom is -0.326 e. The monoisotopic (exact) mass is 429 g/mol. The second kappa shape index (κ2) is 8.68. The summed E-state index contributed by atoms with van der Waals surface area (Å²) in [5.41, 5.74) is 4.04. The molecule has 164 valence electrons. The van der Waals surface area contributed by atoms with E-state index in [1.807, 2.05) is 42.5 Å². The summed E-state index contributed by atoms with van der Waals surface area (Å²) < 4.78 is 0. The molecule has 0 bridgehead atoms. The van der Waals surface area contributed by atoms with Crippen LogP contribution in [0.25, 0.3) is 10.9 Å². The number of pyridine rings is 1. The number of hydrogen-bond donors (Lipinski definition) is 1. The van der Waals surface area contributed by atoms with Crippen molar-refractivity contribution in [3.63, 3.8) is 0 Å². The topological polar surface area (TPSA) is 68.8 Å². The van der Waals surface area contributed by atoms with Gasteiger partial charge < -0.3 is 20.0 Å². The van der Waals surface area contributed by atoms with Crippen molar-refractivity contribution in [1.29, 1.82) is 0 Å². The van der Waals surface area contributed by atoms with Gasteiger partial charge in [-0.25, -0.2) is 0 Å². The molecular weight excluding hydrogens is 402 g/mol. The predicted molar refractivity (Wildman–Crippen MR) is 126 cm³/mol. The van der Waals surface area contributed by atoms with Crippen LogP contribution < -0.4 is 10.2 Å². The molecule has 0 spiro atoms. The molecule has 32 heavy (non-hydrogen) atoms. The van der Waals surface area contributed by atoms with Gasteiger partial charge in [0, 0.05) is 67.7 Å². The van der Waals surface area contributed by atoms with Crippen LogP contribution in [0.3, 0.4) is 0 Å². The van der Waals surface area contributed by atoms with Crippen molar-refractivity contribution >= 4 is 34.1 Å². The molecule has 0 radical (unpaired) electrons. The summed E-state index contributed by atoms with van der Waals surface area (Å²) in [4.78, 5) is 36.3.